The van der Waals surface area contributed by atoms with Crippen molar-refractivity contribution >= 4 is 29.6 Å². The van der Waals surface area contributed by atoms with Crippen molar-refractivity contribution in [2.45, 2.75) is 32.2 Å². The van der Waals surface area contributed by atoms with Crippen molar-refractivity contribution < 1.29 is 18.8 Å². The Balaban J connectivity index is 1.78. The molecular formula is C21H23FN4O3. The van der Waals surface area contributed by atoms with Crippen molar-refractivity contribution in [1.29, 1.82) is 0 Å². The third-order valence-electron chi connectivity index (χ3n) is 5.06. The summed E-state index contributed by atoms with van der Waals surface area (Å²) in [5, 5.41) is 2.64. The summed E-state index contributed by atoms with van der Waals surface area (Å²) in [4.78, 5) is 43.5. The van der Waals surface area contributed by atoms with Crippen LogP contribution in [0.25, 0.3) is 0 Å². The Kier molecular flexibility index (Phi) is 6.33. The van der Waals surface area contributed by atoms with Crippen LogP contribution in [0.15, 0.2) is 36.4 Å². The van der Waals surface area contributed by atoms with Gasteiger partial charge in [0.25, 0.3) is 11.8 Å². The van der Waals surface area contributed by atoms with E-state index in [1.54, 1.807) is 25.1 Å². The van der Waals surface area contributed by atoms with Crippen molar-refractivity contribution in [1.82, 2.24) is 9.88 Å². The predicted molar refractivity (Wildman–Crippen MR) is 107 cm³/mol. The Hall–Kier alpha value is -3.13. The van der Waals surface area contributed by atoms with Gasteiger partial charge in [-0.2, -0.15) is 4.39 Å². The van der Waals surface area contributed by atoms with Gasteiger partial charge in [0.05, 0.1) is 11.7 Å². The third-order valence-corrected chi connectivity index (χ3v) is 5.06. The topological polar surface area (TPSA) is 82.6 Å². The van der Waals surface area contributed by atoms with Crippen LogP contribution >= 0.6 is 0 Å². The highest BCUT2D eigenvalue weighted by Gasteiger charge is 2.31. The van der Waals surface area contributed by atoms with Gasteiger partial charge in [0.1, 0.15) is 5.69 Å². The second-order valence-corrected chi connectivity index (χ2v) is 7.11. The highest BCUT2D eigenvalue weighted by atomic mass is 19.1. The van der Waals surface area contributed by atoms with Gasteiger partial charge in [-0.05, 0) is 69.3 Å². The number of likely N-dealkylation sites (tertiary alicyclic amines) is 1. The Bertz CT molecular complexity index is 934. The minimum Gasteiger partial charge on any atom is -0.321 e. The fraction of sp³-hybridized carbons (Fsp3) is 0.333. The summed E-state index contributed by atoms with van der Waals surface area (Å²) in [6.45, 7) is 2.57. The highest BCUT2D eigenvalue weighted by Crippen LogP contribution is 2.26. The zero-order valence-electron chi connectivity index (χ0n) is 16.4. The molecule has 1 N–H and O–H groups in total. The molecule has 1 unspecified atom stereocenters. The summed E-state index contributed by atoms with van der Waals surface area (Å²) >= 11 is 0. The van der Waals surface area contributed by atoms with E-state index in [1.807, 2.05) is 11.9 Å². The van der Waals surface area contributed by atoms with E-state index in [1.165, 1.54) is 12.1 Å². The number of pyridine rings is 1. The first-order valence-corrected chi connectivity index (χ1v) is 9.44. The molecule has 0 saturated carbocycles. The lowest BCUT2D eigenvalue weighted by Crippen LogP contribution is -2.49. The highest BCUT2D eigenvalue weighted by molar-refractivity contribution is 6.10. The molecule has 0 bridgehead atoms. The standard InChI is InChI=1S/C21H23FN4O3/c1-14-12-15(23-20(28)16-6-5-8-19(22)24-16)9-10-17(14)26(13-27)21(29)18-7-3-4-11-25(18)2/h5-6,8-10,12-13,18H,3-4,7,11H2,1-2H3,(H,23,28). The average molecular weight is 398 g/mol. The molecular weight excluding hydrogens is 375 g/mol. The maximum atomic E-state index is 13.2. The van der Waals surface area contributed by atoms with Gasteiger partial charge in [0.15, 0.2) is 0 Å². The van der Waals surface area contributed by atoms with E-state index < -0.39 is 11.9 Å². The molecule has 1 aromatic carbocycles. The molecule has 1 atom stereocenters. The summed E-state index contributed by atoms with van der Waals surface area (Å²) in [7, 11) is 1.89. The number of carbonyl (C=O) groups is 3. The van der Waals surface area contributed by atoms with Crippen LogP contribution in [0.5, 0.6) is 0 Å². The largest absolute Gasteiger partial charge is 0.321 e. The normalized spacial score (nSPS) is 16.9. The fourth-order valence-corrected chi connectivity index (χ4v) is 3.51. The van der Waals surface area contributed by atoms with Gasteiger partial charge in [0, 0.05) is 5.69 Å². The molecule has 1 saturated heterocycles. The number of anilines is 2. The number of nitrogens with zero attached hydrogens (tertiary/aromatic N) is 3. The number of piperidine rings is 1. The van der Waals surface area contributed by atoms with Crippen LogP contribution in [0.2, 0.25) is 0 Å². The fourth-order valence-electron chi connectivity index (χ4n) is 3.51. The van der Waals surface area contributed by atoms with Crippen LogP contribution < -0.4 is 10.2 Å². The number of halogens is 1. The molecule has 2 heterocycles. The zero-order valence-corrected chi connectivity index (χ0v) is 16.4. The molecule has 1 aliphatic rings. The first-order chi connectivity index (χ1) is 13.9. The number of amides is 3. The molecule has 8 heteroatoms. The van der Waals surface area contributed by atoms with Crippen LogP contribution in [0, 0.1) is 12.9 Å². The molecule has 1 aromatic heterocycles. The first-order valence-electron chi connectivity index (χ1n) is 9.44. The lowest BCUT2D eigenvalue weighted by molar-refractivity contribution is -0.126. The number of nitrogens with one attached hydrogen (secondary N) is 1. The molecule has 29 heavy (non-hydrogen) atoms. The van der Waals surface area contributed by atoms with Crippen LogP contribution in [0.4, 0.5) is 15.8 Å². The van der Waals surface area contributed by atoms with Crippen molar-refractivity contribution in [3.63, 3.8) is 0 Å². The van der Waals surface area contributed by atoms with Crippen molar-refractivity contribution in [3.05, 3.63) is 53.6 Å². The van der Waals surface area contributed by atoms with Crippen molar-refractivity contribution in [2.75, 3.05) is 23.8 Å². The zero-order chi connectivity index (χ0) is 21.0. The smallest absolute Gasteiger partial charge is 0.274 e. The predicted octanol–water partition coefficient (Wildman–Crippen LogP) is 2.76. The molecule has 2 aromatic rings. The number of carbonyl (C=O) groups excluding carboxylic acids is 3. The molecule has 0 spiro atoms. The quantitative estimate of drug-likeness (QED) is 0.619. The van der Waals surface area contributed by atoms with Gasteiger partial charge in [-0.3, -0.25) is 24.2 Å². The van der Waals surface area contributed by atoms with Gasteiger partial charge >= 0.3 is 0 Å². The minimum absolute atomic E-state index is 0.0447. The lowest BCUT2D eigenvalue weighted by atomic mass is 10.0. The Morgan fingerprint density at radius 3 is 2.72 bits per heavy atom. The van der Waals surface area contributed by atoms with E-state index in [0.29, 0.717) is 29.8 Å². The second-order valence-electron chi connectivity index (χ2n) is 7.11. The molecule has 152 valence electrons. The van der Waals surface area contributed by atoms with Crippen LogP contribution in [-0.2, 0) is 9.59 Å². The number of aromatic nitrogens is 1. The third kappa shape index (κ3) is 4.65. The first kappa shape index (κ1) is 20.6. The second kappa shape index (κ2) is 8.91. The van der Waals surface area contributed by atoms with Crippen molar-refractivity contribution in [2.24, 2.45) is 0 Å². The number of rotatable bonds is 5. The van der Waals surface area contributed by atoms with Gasteiger partial charge in [0.2, 0.25) is 12.4 Å². The maximum Gasteiger partial charge on any atom is 0.274 e. The molecule has 1 fully saturated rings. The number of imide groups is 1. The van der Waals surface area contributed by atoms with Gasteiger partial charge in [-0.15, -0.1) is 0 Å². The molecule has 3 amide bonds. The van der Waals surface area contributed by atoms with E-state index in [9.17, 15) is 18.8 Å². The molecule has 3 rings (SSSR count). The Morgan fingerprint density at radius 1 is 1.28 bits per heavy atom. The van der Waals surface area contributed by atoms with E-state index in [4.69, 9.17) is 0 Å². The SMILES string of the molecule is Cc1cc(NC(=O)c2cccc(F)n2)ccc1N(C=O)C(=O)C1CCCCN1C. The molecule has 0 radical (unpaired) electrons. The summed E-state index contributed by atoms with van der Waals surface area (Å²) in [5.41, 5.74) is 1.52. The Morgan fingerprint density at radius 2 is 2.07 bits per heavy atom. The molecule has 7 nitrogen and oxygen atoms in total. The molecule has 1 aliphatic heterocycles. The summed E-state index contributed by atoms with van der Waals surface area (Å²) in [6, 6.07) is 8.50. The lowest BCUT2D eigenvalue weighted by Gasteiger charge is -2.33. The number of likely N-dealkylation sites (N-methyl/N-ethyl adjacent to an activating group) is 1. The monoisotopic (exact) mass is 398 g/mol. The van der Waals surface area contributed by atoms with E-state index in [-0.39, 0.29) is 17.6 Å². The Labute approximate surface area is 168 Å². The number of hydrogen-bond donors (Lipinski definition) is 1. The molecule has 0 aliphatic carbocycles. The maximum absolute atomic E-state index is 13.2. The number of aryl methyl sites for hydroxylation is 1. The average Bonchev–Trinajstić information content (AvgIpc) is 2.70. The minimum atomic E-state index is -0.739. The van der Waals surface area contributed by atoms with E-state index in [2.05, 4.69) is 10.3 Å². The number of benzene rings is 1. The van der Waals surface area contributed by atoms with Crippen molar-refractivity contribution in [3.8, 4) is 0 Å². The van der Waals surface area contributed by atoms with Gasteiger partial charge in [-0.1, -0.05) is 12.5 Å². The van der Waals surface area contributed by atoms with Gasteiger partial charge < -0.3 is 5.32 Å². The van der Waals surface area contributed by atoms with E-state index >= 15 is 0 Å². The number of hydrogen-bond acceptors (Lipinski definition) is 5. The van der Waals surface area contributed by atoms with E-state index in [0.717, 1.165) is 30.4 Å². The summed E-state index contributed by atoms with van der Waals surface area (Å²) in [5.74, 6) is -1.55. The van der Waals surface area contributed by atoms with Crippen LogP contribution in [0.3, 0.4) is 0 Å². The van der Waals surface area contributed by atoms with Crippen LogP contribution in [-0.4, -0.2) is 47.7 Å². The van der Waals surface area contributed by atoms with Gasteiger partial charge in [-0.25, -0.2) is 4.98 Å². The van der Waals surface area contributed by atoms with Crippen LogP contribution in [0.1, 0.15) is 35.3 Å². The summed E-state index contributed by atoms with van der Waals surface area (Å²) < 4.78 is 13.2. The summed E-state index contributed by atoms with van der Waals surface area (Å²) in [6.07, 6.45) is 3.23.